The van der Waals surface area contributed by atoms with Crippen LogP contribution in [0.5, 0.6) is 0 Å². The molecule has 0 aromatic heterocycles. The van der Waals surface area contributed by atoms with E-state index < -0.39 is 17.4 Å². The minimum Gasteiger partial charge on any atom is -0.465 e. The molecule has 1 aromatic rings. The number of hydrogen-bond acceptors (Lipinski definition) is 5. The first kappa shape index (κ1) is 23.0. The Morgan fingerprint density at radius 1 is 1.10 bits per heavy atom. The molecule has 1 saturated carbocycles. The van der Waals surface area contributed by atoms with Crippen LogP contribution in [0.25, 0.3) is 0 Å². The van der Waals surface area contributed by atoms with E-state index in [1.807, 2.05) is 45.0 Å². The average Bonchev–Trinajstić information content (AvgIpc) is 2.84. The van der Waals surface area contributed by atoms with Crippen LogP contribution in [0.15, 0.2) is 29.4 Å². The standard InChI is InChI=1S/C24H33N3O4/c1-5-31-21(29)16-27-23(30)26(15-20(28)24(2,3)4)19-14-10-9-13-18(19)22(25-27)17-11-7-6-8-12-17/h9-10,13-14,17H,5-8,11-12,15-16H2,1-4H3. The van der Waals surface area contributed by atoms with Crippen molar-refractivity contribution in [2.75, 3.05) is 24.6 Å². The lowest BCUT2D eigenvalue weighted by Gasteiger charge is -2.28. The maximum atomic E-state index is 13.5. The average molecular weight is 428 g/mol. The Morgan fingerprint density at radius 3 is 2.42 bits per heavy atom. The zero-order chi connectivity index (χ0) is 22.6. The van der Waals surface area contributed by atoms with Crippen LogP contribution in [-0.4, -0.2) is 48.2 Å². The normalized spacial score (nSPS) is 17.7. The highest BCUT2D eigenvalue weighted by molar-refractivity contribution is 6.13. The van der Waals surface area contributed by atoms with Crippen molar-refractivity contribution in [2.24, 2.45) is 16.4 Å². The second-order valence-electron chi connectivity index (χ2n) is 9.24. The van der Waals surface area contributed by atoms with Crippen molar-refractivity contribution in [3.05, 3.63) is 29.8 Å². The van der Waals surface area contributed by atoms with E-state index in [0.29, 0.717) is 5.69 Å². The molecular formula is C24H33N3O4. The molecule has 3 rings (SSSR count). The molecule has 2 aliphatic rings. The van der Waals surface area contributed by atoms with Crippen molar-refractivity contribution in [3.63, 3.8) is 0 Å². The third-order valence-electron chi connectivity index (χ3n) is 5.87. The van der Waals surface area contributed by atoms with Crippen molar-refractivity contribution in [1.29, 1.82) is 0 Å². The second kappa shape index (κ2) is 9.62. The minimum atomic E-state index is -0.597. The number of benzene rings is 1. The molecule has 0 bridgehead atoms. The summed E-state index contributed by atoms with van der Waals surface area (Å²) in [5.74, 6) is -0.367. The van der Waals surface area contributed by atoms with Gasteiger partial charge in [0.1, 0.15) is 6.54 Å². The van der Waals surface area contributed by atoms with Crippen LogP contribution in [0, 0.1) is 11.3 Å². The molecule has 0 N–H and O–H groups in total. The Hall–Kier alpha value is -2.70. The van der Waals surface area contributed by atoms with Crippen LogP contribution in [0.1, 0.15) is 65.4 Å². The highest BCUT2D eigenvalue weighted by Gasteiger charge is 2.36. The van der Waals surface area contributed by atoms with Crippen LogP contribution < -0.4 is 4.90 Å². The molecule has 7 heteroatoms. The number of rotatable bonds is 6. The van der Waals surface area contributed by atoms with Crippen molar-refractivity contribution in [2.45, 2.75) is 59.8 Å². The number of nitrogens with zero attached hydrogens (tertiary/aromatic N) is 3. The number of urea groups is 1. The Morgan fingerprint density at radius 2 is 1.77 bits per heavy atom. The zero-order valence-electron chi connectivity index (χ0n) is 19.0. The Kier molecular flexibility index (Phi) is 7.13. The van der Waals surface area contributed by atoms with Gasteiger partial charge in [0.2, 0.25) is 0 Å². The molecule has 7 nitrogen and oxygen atoms in total. The van der Waals surface area contributed by atoms with Crippen molar-refractivity contribution < 1.29 is 19.1 Å². The van der Waals surface area contributed by atoms with Crippen LogP contribution in [0.3, 0.4) is 0 Å². The highest BCUT2D eigenvalue weighted by atomic mass is 16.5. The number of amides is 2. The number of anilines is 1. The van der Waals surface area contributed by atoms with Gasteiger partial charge in [-0.15, -0.1) is 0 Å². The number of carbonyl (C=O) groups excluding carboxylic acids is 3. The Labute approximate surface area is 184 Å². The molecule has 31 heavy (non-hydrogen) atoms. The van der Waals surface area contributed by atoms with Crippen LogP contribution in [0.2, 0.25) is 0 Å². The number of ketones is 1. The fourth-order valence-electron chi connectivity index (χ4n) is 4.04. The van der Waals surface area contributed by atoms with E-state index in [0.717, 1.165) is 37.0 Å². The van der Waals surface area contributed by atoms with Gasteiger partial charge in [0.25, 0.3) is 0 Å². The number of fused-ring (bicyclic) bond motifs is 1. The van der Waals surface area contributed by atoms with Gasteiger partial charge < -0.3 is 4.74 Å². The van der Waals surface area contributed by atoms with Gasteiger partial charge in [0, 0.05) is 16.9 Å². The van der Waals surface area contributed by atoms with E-state index in [4.69, 9.17) is 9.84 Å². The van der Waals surface area contributed by atoms with Crippen molar-refractivity contribution in [3.8, 4) is 0 Å². The number of hydrazone groups is 1. The second-order valence-corrected chi connectivity index (χ2v) is 9.24. The van der Waals surface area contributed by atoms with Gasteiger partial charge in [-0.2, -0.15) is 5.10 Å². The third kappa shape index (κ3) is 5.32. The van der Waals surface area contributed by atoms with Gasteiger partial charge in [-0.3, -0.25) is 14.5 Å². The van der Waals surface area contributed by atoms with Gasteiger partial charge >= 0.3 is 12.0 Å². The monoisotopic (exact) mass is 427 g/mol. The van der Waals surface area contributed by atoms with E-state index in [1.54, 1.807) is 6.92 Å². The molecule has 1 aliphatic carbocycles. The maximum Gasteiger partial charge on any atom is 0.345 e. The van der Waals surface area contributed by atoms with Gasteiger partial charge in [0.15, 0.2) is 5.78 Å². The molecule has 1 heterocycles. The number of hydrogen-bond donors (Lipinski definition) is 0. The lowest BCUT2D eigenvalue weighted by atomic mass is 9.83. The lowest BCUT2D eigenvalue weighted by molar-refractivity contribution is -0.143. The Balaban J connectivity index is 2.07. The first-order valence-electron chi connectivity index (χ1n) is 11.2. The largest absolute Gasteiger partial charge is 0.465 e. The van der Waals surface area contributed by atoms with E-state index in [9.17, 15) is 14.4 Å². The molecule has 1 aliphatic heterocycles. The molecule has 0 spiro atoms. The smallest absolute Gasteiger partial charge is 0.345 e. The van der Waals surface area contributed by atoms with Crippen LogP contribution >= 0.6 is 0 Å². The fourth-order valence-corrected chi connectivity index (χ4v) is 4.04. The topological polar surface area (TPSA) is 79.3 Å². The SMILES string of the molecule is CCOC(=O)CN1N=C(C2CCCCC2)c2ccccc2N(CC(=O)C(C)(C)C)C1=O. The maximum absolute atomic E-state index is 13.5. The van der Waals surface area contributed by atoms with Gasteiger partial charge in [-0.25, -0.2) is 9.80 Å². The molecule has 2 amide bonds. The van der Waals surface area contributed by atoms with Gasteiger partial charge in [-0.1, -0.05) is 58.2 Å². The molecular weight excluding hydrogens is 394 g/mol. The molecule has 168 valence electrons. The molecule has 0 unspecified atom stereocenters. The molecule has 0 atom stereocenters. The zero-order valence-corrected chi connectivity index (χ0v) is 19.0. The minimum absolute atomic E-state index is 0.0622. The number of Topliss-reactive ketones (excluding diaryl/α,β-unsaturated/α-hetero) is 1. The van der Waals surface area contributed by atoms with Crippen molar-refractivity contribution >= 4 is 29.2 Å². The summed E-state index contributed by atoms with van der Waals surface area (Å²) in [4.78, 5) is 40.1. The first-order valence-corrected chi connectivity index (χ1v) is 11.2. The Bertz CT molecular complexity index is 866. The molecule has 1 aromatic carbocycles. The summed E-state index contributed by atoms with van der Waals surface area (Å²) < 4.78 is 5.07. The molecule has 1 fully saturated rings. The van der Waals surface area contributed by atoms with Gasteiger partial charge in [-0.05, 0) is 25.8 Å². The van der Waals surface area contributed by atoms with Crippen molar-refractivity contribution in [1.82, 2.24) is 5.01 Å². The summed E-state index contributed by atoms with van der Waals surface area (Å²) in [7, 11) is 0. The third-order valence-corrected chi connectivity index (χ3v) is 5.87. The van der Waals surface area contributed by atoms with E-state index in [2.05, 4.69) is 0 Å². The number of esters is 1. The molecule has 0 saturated heterocycles. The van der Waals surface area contributed by atoms with E-state index in [1.165, 1.54) is 16.3 Å². The summed E-state index contributed by atoms with van der Waals surface area (Å²) in [5.41, 5.74) is 1.75. The summed E-state index contributed by atoms with van der Waals surface area (Å²) in [6, 6.07) is 7.12. The predicted octanol–water partition coefficient (Wildman–Crippen LogP) is 4.39. The summed E-state index contributed by atoms with van der Waals surface area (Å²) in [6.07, 6.45) is 5.42. The number of carbonyl (C=O) groups is 3. The van der Waals surface area contributed by atoms with E-state index in [-0.39, 0.29) is 31.4 Å². The predicted molar refractivity (Wildman–Crippen MR) is 120 cm³/mol. The lowest BCUT2D eigenvalue weighted by Crippen LogP contribution is -2.46. The molecule has 0 radical (unpaired) electrons. The number of para-hydroxylation sites is 1. The highest BCUT2D eigenvalue weighted by Crippen LogP contribution is 2.34. The quantitative estimate of drug-likeness (QED) is 0.631. The summed E-state index contributed by atoms with van der Waals surface area (Å²) >= 11 is 0. The van der Waals surface area contributed by atoms with Gasteiger partial charge in [0.05, 0.1) is 24.6 Å². The first-order chi connectivity index (χ1) is 14.7. The number of ether oxygens (including phenoxy) is 1. The van der Waals surface area contributed by atoms with Crippen LogP contribution in [0.4, 0.5) is 10.5 Å². The van der Waals surface area contributed by atoms with Crippen LogP contribution in [-0.2, 0) is 14.3 Å². The summed E-state index contributed by atoms with van der Waals surface area (Å²) in [5, 5.41) is 5.89. The summed E-state index contributed by atoms with van der Waals surface area (Å²) in [6.45, 7) is 7.11. The fraction of sp³-hybridized carbons (Fsp3) is 0.583. The van der Waals surface area contributed by atoms with E-state index >= 15 is 0 Å².